The lowest BCUT2D eigenvalue weighted by Gasteiger charge is -2.27. The Labute approximate surface area is 119 Å². The van der Waals surface area contributed by atoms with Gasteiger partial charge in [-0.1, -0.05) is 12.1 Å². The molecule has 1 fully saturated rings. The molecule has 3 heterocycles. The van der Waals surface area contributed by atoms with Crippen molar-refractivity contribution >= 4 is 0 Å². The van der Waals surface area contributed by atoms with Crippen molar-refractivity contribution in [2.45, 2.75) is 45.6 Å². The summed E-state index contributed by atoms with van der Waals surface area (Å²) in [5, 5.41) is 7.52. The summed E-state index contributed by atoms with van der Waals surface area (Å²) in [6.45, 7) is 10.5. The molecule has 0 aliphatic carbocycles. The number of hydrogen-bond acceptors (Lipinski definition) is 4. The summed E-state index contributed by atoms with van der Waals surface area (Å²) in [5.74, 6) is 0.893. The average Bonchev–Trinajstić information content (AvgIpc) is 3.10. The molecule has 1 aliphatic rings. The van der Waals surface area contributed by atoms with Crippen LogP contribution in [0, 0.1) is 13.8 Å². The fraction of sp³-hybridized carbons (Fsp3) is 0.600. The van der Waals surface area contributed by atoms with Gasteiger partial charge in [-0.2, -0.15) is 0 Å². The fourth-order valence-corrected chi connectivity index (χ4v) is 3.34. The van der Waals surface area contributed by atoms with Gasteiger partial charge in [-0.15, -0.1) is 0 Å². The predicted molar refractivity (Wildman–Crippen MR) is 76.9 cm³/mol. The minimum Gasteiger partial charge on any atom is -0.361 e. The number of aromatic nitrogens is 3. The number of rotatable bonds is 3. The van der Waals surface area contributed by atoms with Crippen LogP contribution in [0.3, 0.4) is 0 Å². The maximum Gasteiger partial charge on any atom is 0.139 e. The van der Waals surface area contributed by atoms with Gasteiger partial charge in [0.1, 0.15) is 5.76 Å². The van der Waals surface area contributed by atoms with Crippen LogP contribution in [0.1, 0.15) is 49.0 Å². The molecule has 2 atom stereocenters. The molecule has 0 spiro atoms. The lowest BCUT2D eigenvalue weighted by atomic mass is 9.86. The van der Waals surface area contributed by atoms with Crippen LogP contribution >= 0.6 is 0 Å². The minimum atomic E-state index is 0.156. The van der Waals surface area contributed by atoms with E-state index < -0.39 is 0 Å². The van der Waals surface area contributed by atoms with Gasteiger partial charge >= 0.3 is 0 Å². The van der Waals surface area contributed by atoms with Gasteiger partial charge in [-0.05, 0) is 33.7 Å². The third-order valence-electron chi connectivity index (χ3n) is 4.58. The third kappa shape index (κ3) is 1.97. The Bertz CT molecular complexity index is 588. The molecule has 0 aromatic carbocycles. The summed E-state index contributed by atoms with van der Waals surface area (Å²) in [6.07, 6.45) is 5.07. The van der Waals surface area contributed by atoms with Crippen molar-refractivity contribution in [1.29, 1.82) is 0 Å². The first-order valence-electron chi connectivity index (χ1n) is 7.19. The number of nitrogens with one attached hydrogen (secondary N) is 1. The highest BCUT2D eigenvalue weighted by atomic mass is 16.5. The first kappa shape index (κ1) is 13.4. The fourth-order valence-electron chi connectivity index (χ4n) is 3.34. The molecule has 1 aliphatic heterocycles. The van der Waals surface area contributed by atoms with Crippen LogP contribution in [0.15, 0.2) is 17.0 Å². The molecule has 5 heteroatoms. The van der Waals surface area contributed by atoms with Gasteiger partial charge in [0.05, 0.1) is 18.1 Å². The van der Waals surface area contributed by atoms with Crippen LogP contribution in [-0.2, 0) is 5.41 Å². The smallest absolute Gasteiger partial charge is 0.139 e. The van der Waals surface area contributed by atoms with E-state index in [4.69, 9.17) is 4.52 Å². The topological polar surface area (TPSA) is 55.9 Å². The van der Waals surface area contributed by atoms with Crippen LogP contribution in [0.4, 0.5) is 0 Å². The van der Waals surface area contributed by atoms with Crippen LogP contribution in [0.5, 0.6) is 0 Å². The predicted octanol–water partition coefficient (Wildman–Crippen LogP) is 2.35. The standard InChI is InChI=1S/C15H22N4O/c1-10-14(12(3)20-18-10)11(2)19-9-17-7-13(19)15(4)5-6-16-8-15/h7,9,11,16H,5-6,8H2,1-4H3. The second kappa shape index (κ2) is 4.74. The molecule has 0 saturated carbocycles. The van der Waals surface area contributed by atoms with E-state index >= 15 is 0 Å². The Hall–Kier alpha value is -1.62. The Morgan fingerprint density at radius 3 is 2.85 bits per heavy atom. The van der Waals surface area contributed by atoms with Crippen molar-refractivity contribution in [1.82, 2.24) is 20.0 Å². The van der Waals surface area contributed by atoms with Gasteiger partial charge in [0, 0.05) is 29.4 Å². The first-order chi connectivity index (χ1) is 9.53. The second-order valence-corrected chi connectivity index (χ2v) is 6.09. The maximum atomic E-state index is 5.31. The zero-order valence-corrected chi connectivity index (χ0v) is 12.6. The van der Waals surface area contributed by atoms with Crippen molar-refractivity contribution in [2.24, 2.45) is 0 Å². The zero-order chi connectivity index (χ0) is 14.3. The van der Waals surface area contributed by atoms with Crippen LogP contribution in [-0.4, -0.2) is 27.8 Å². The van der Waals surface area contributed by atoms with E-state index in [2.05, 4.69) is 33.9 Å². The second-order valence-electron chi connectivity index (χ2n) is 6.09. The normalized spacial score (nSPS) is 24.2. The monoisotopic (exact) mass is 274 g/mol. The largest absolute Gasteiger partial charge is 0.361 e. The Morgan fingerprint density at radius 1 is 1.45 bits per heavy atom. The molecule has 1 N–H and O–H groups in total. The van der Waals surface area contributed by atoms with Crippen molar-refractivity contribution < 1.29 is 4.52 Å². The van der Waals surface area contributed by atoms with Gasteiger partial charge in [-0.3, -0.25) is 0 Å². The summed E-state index contributed by atoms with van der Waals surface area (Å²) in [4.78, 5) is 4.39. The lowest BCUT2D eigenvalue weighted by Crippen LogP contribution is -2.29. The molecule has 3 rings (SSSR count). The number of aryl methyl sites for hydroxylation is 2. The van der Waals surface area contributed by atoms with Crippen molar-refractivity contribution in [2.75, 3.05) is 13.1 Å². The molecule has 2 unspecified atom stereocenters. The Balaban J connectivity index is 2.01. The van der Waals surface area contributed by atoms with Crippen molar-refractivity contribution in [3.8, 4) is 0 Å². The molecule has 0 amide bonds. The molecule has 2 aromatic rings. The first-order valence-corrected chi connectivity index (χ1v) is 7.19. The zero-order valence-electron chi connectivity index (χ0n) is 12.6. The highest BCUT2D eigenvalue weighted by Crippen LogP contribution is 2.34. The lowest BCUT2D eigenvalue weighted by molar-refractivity contribution is 0.390. The molecular formula is C15H22N4O. The van der Waals surface area contributed by atoms with Crippen molar-refractivity contribution in [3.05, 3.63) is 35.2 Å². The summed E-state index contributed by atoms with van der Waals surface area (Å²) in [6, 6.07) is 0.191. The summed E-state index contributed by atoms with van der Waals surface area (Å²) < 4.78 is 7.57. The maximum absolute atomic E-state index is 5.31. The quantitative estimate of drug-likeness (QED) is 0.933. The van der Waals surface area contributed by atoms with Crippen LogP contribution in [0.25, 0.3) is 0 Å². The van der Waals surface area contributed by atoms with Crippen molar-refractivity contribution in [3.63, 3.8) is 0 Å². The van der Waals surface area contributed by atoms with Gasteiger partial charge in [0.2, 0.25) is 0 Å². The molecule has 5 nitrogen and oxygen atoms in total. The van der Waals surface area contributed by atoms with Gasteiger partial charge in [-0.25, -0.2) is 4.98 Å². The average molecular weight is 274 g/mol. The van der Waals surface area contributed by atoms with E-state index in [1.165, 1.54) is 11.3 Å². The van der Waals surface area contributed by atoms with E-state index in [0.717, 1.165) is 31.0 Å². The van der Waals surface area contributed by atoms with E-state index in [9.17, 15) is 0 Å². The minimum absolute atomic E-state index is 0.156. The van der Waals surface area contributed by atoms with Crippen LogP contribution in [0.2, 0.25) is 0 Å². The summed E-state index contributed by atoms with van der Waals surface area (Å²) in [7, 11) is 0. The van der Waals surface area contributed by atoms with E-state index in [0.29, 0.717) is 0 Å². The molecule has 1 saturated heterocycles. The Morgan fingerprint density at radius 2 is 2.25 bits per heavy atom. The molecular weight excluding hydrogens is 252 g/mol. The molecule has 108 valence electrons. The van der Waals surface area contributed by atoms with E-state index in [-0.39, 0.29) is 11.5 Å². The van der Waals surface area contributed by atoms with Crippen LogP contribution < -0.4 is 5.32 Å². The highest BCUT2D eigenvalue weighted by molar-refractivity contribution is 5.28. The summed E-state index contributed by atoms with van der Waals surface area (Å²) >= 11 is 0. The molecule has 2 aromatic heterocycles. The number of hydrogen-bond donors (Lipinski definition) is 1. The highest BCUT2D eigenvalue weighted by Gasteiger charge is 2.34. The van der Waals surface area contributed by atoms with E-state index in [1.807, 2.05) is 26.4 Å². The molecule has 0 bridgehead atoms. The molecule has 20 heavy (non-hydrogen) atoms. The number of nitrogens with zero attached hydrogens (tertiary/aromatic N) is 3. The van der Waals surface area contributed by atoms with Gasteiger partial charge in [0.15, 0.2) is 0 Å². The van der Waals surface area contributed by atoms with Gasteiger partial charge < -0.3 is 14.4 Å². The third-order valence-corrected chi connectivity index (χ3v) is 4.58. The molecule has 0 radical (unpaired) electrons. The Kier molecular flexibility index (Phi) is 3.17. The number of imidazole rings is 1. The van der Waals surface area contributed by atoms with Gasteiger partial charge in [0.25, 0.3) is 0 Å². The SMILES string of the molecule is Cc1noc(C)c1C(C)n1cncc1C1(C)CCNC1. The summed E-state index contributed by atoms with van der Waals surface area (Å²) in [5.41, 5.74) is 3.57. The van der Waals surface area contributed by atoms with E-state index in [1.54, 1.807) is 0 Å².